The van der Waals surface area contributed by atoms with Crippen LogP contribution in [-0.2, 0) is 6.42 Å². The lowest BCUT2D eigenvalue weighted by Crippen LogP contribution is -2.25. The Morgan fingerprint density at radius 1 is 1.29 bits per heavy atom. The van der Waals surface area contributed by atoms with Crippen LogP contribution in [0.4, 0.5) is 5.69 Å². The predicted octanol–water partition coefficient (Wildman–Crippen LogP) is 3.69. The highest BCUT2D eigenvalue weighted by atomic mass is 32.1. The van der Waals surface area contributed by atoms with E-state index in [1.54, 1.807) is 11.3 Å². The number of thiophene rings is 1. The van der Waals surface area contributed by atoms with E-state index in [1.807, 2.05) is 13.0 Å². The lowest BCUT2D eigenvalue weighted by molar-refractivity contribution is 0.651. The van der Waals surface area contributed by atoms with E-state index in [0.29, 0.717) is 6.04 Å². The van der Waals surface area contributed by atoms with E-state index < -0.39 is 0 Å². The quantitative estimate of drug-likeness (QED) is 0.810. The number of aliphatic imine (C=N–C) groups is 1. The van der Waals surface area contributed by atoms with Gasteiger partial charge in [-0.05, 0) is 47.4 Å². The Morgan fingerprint density at radius 2 is 2.18 bits per heavy atom. The van der Waals surface area contributed by atoms with E-state index in [9.17, 15) is 0 Å². The number of hydrogen-bond donors (Lipinski definition) is 1. The molecule has 86 valence electrons. The van der Waals surface area contributed by atoms with E-state index in [4.69, 9.17) is 0 Å². The fraction of sp³-hybridized carbons (Fsp3) is 0.214. The van der Waals surface area contributed by atoms with Crippen molar-refractivity contribution in [2.24, 2.45) is 4.99 Å². The van der Waals surface area contributed by atoms with Gasteiger partial charge in [0, 0.05) is 0 Å². The molecular formula is C14H14N2S. The Balaban J connectivity index is 2.01. The standard InChI is InChI=1S/C14H14N2S/c1-10-15-13-5-3-2-4-11(13)8-14(16-10)12-6-7-17-9-12/h2-7,9,14H,8H2,1H3,(H,15,16). The maximum atomic E-state index is 4.61. The molecule has 1 aromatic carbocycles. The second-order valence-corrected chi connectivity index (χ2v) is 5.06. The van der Waals surface area contributed by atoms with Crippen LogP contribution in [0.25, 0.3) is 0 Å². The molecule has 1 aromatic heterocycles. The van der Waals surface area contributed by atoms with Gasteiger partial charge in [-0.2, -0.15) is 11.3 Å². The molecule has 1 unspecified atom stereocenters. The zero-order valence-corrected chi connectivity index (χ0v) is 10.5. The summed E-state index contributed by atoms with van der Waals surface area (Å²) < 4.78 is 0. The number of nitrogens with zero attached hydrogens (tertiary/aromatic N) is 1. The molecule has 2 nitrogen and oxygen atoms in total. The summed E-state index contributed by atoms with van der Waals surface area (Å²) in [5.74, 6) is 0.992. The Hall–Kier alpha value is -1.61. The molecule has 0 bridgehead atoms. The molecule has 1 aliphatic rings. The molecule has 2 heterocycles. The SMILES string of the molecule is CC1=Nc2ccccc2CC(c2ccsc2)N1. The van der Waals surface area contributed by atoms with Crippen molar-refractivity contribution in [3.05, 3.63) is 52.2 Å². The first-order valence-electron chi connectivity index (χ1n) is 5.75. The highest BCUT2D eigenvalue weighted by Crippen LogP contribution is 2.29. The van der Waals surface area contributed by atoms with Crippen LogP contribution in [0.15, 0.2) is 46.1 Å². The first kappa shape index (κ1) is 10.5. The number of benzene rings is 1. The summed E-state index contributed by atoms with van der Waals surface area (Å²) in [7, 11) is 0. The number of nitrogens with one attached hydrogen (secondary N) is 1. The van der Waals surface area contributed by atoms with Gasteiger partial charge in [-0.25, -0.2) is 4.99 Å². The van der Waals surface area contributed by atoms with Crippen LogP contribution in [-0.4, -0.2) is 5.84 Å². The van der Waals surface area contributed by atoms with E-state index in [2.05, 4.69) is 45.3 Å². The predicted molar refractivity (Wildman–Crippen MR) is 73.1 cm³/mol. The van der Waals surface area contributed by atoms with Gasteiger partial charge in [0.1, 0.15) is 0 Å². The van der Waals surface area contributed by atoms with Crippen molar-refractivity contribution in [2.75, 3.05) is 0 Å². The Morgan fingerprint density at radius 3 is 3.00 bits per heavy atom. The van der Waals surface area contributed by atoms with Crippen LogP contribution in [0, 0.1) is 0 Å². The highest BCUT2D eigenvalue weighted by molar-refractivity contribution is 7.07. The number of rotatable bonds is 1. The van der Waals surface area contributed by atoms with E-state index >= 15 is 0 Å². The maximum absolute atomic E-state index is 4.61. The fourth-order valence-corrected chi connectivity index (χ4v) is 2.92. The number of amidine groups is 1. The number of hydrogen-bond acceptors (Lipinski definition) is 3. The molecule has 3 heteroatoms. The second kappa shape index (κ2) is 4.34. The fourth-order valence-electron chi connectivity index (χ4n) is 2.20. The van der Waals surface area contributed by atoms with Crippen molar-refractivity contribution in [1.82, 2.24) is 5.32 Å². The monoisotopic (exact) mass is 242 g/mol. The van der Waals surface area contributed by atoms with Crippen molar-refractivity contribution >= 4 is 22.9 Å². The molecule has 0 amide bonds. The third-order valence-corrected chi connectivity index (χ3v) is 3.73. The molecule has 0 radical (unpaired) electrons. The molecule has 1 aliphatic heterocycles. The molecule has 1 atom stereocenters. The third kappa shape index (κ3) is 2.11. The topological polar surface area (TPSA) is 24.4 Å². The Bertz CT molecular complexity index is 543. The molecule has 0 saturated carbocycles. The van der Waals surface area contributed by atoms with Crippen molar-refractivity contribution in [1.29, 1.82) is 0 Å². The summed E-state index contributed by atoms with van der Waals surface area (Å²) in [5, 5.41) is 7.82. The van der Waals surface area contributed by atoms with Gasteiger partial charge in [-0.3, -0.25) is 0 Å². The number of fused-ring (bicyclic) bond motifs is 1. The Kier molecular flexibility index (Phi) is 2.69. The van der Waals surface area contributed by atoms with Crippen molar-refractivity contribution in [2.45, 2.75) is 19.4 Å². The lowest BCUT2D eigenvalue weighted by Gasteiger charge is -2.16. The summed E-state index contributed by atoms with van der Waals surface area (Å²) >= 11 is 1.74. The minimum absolute atomic E-state index is 0.341. The van der Waals surface area contributed by atoms with Gasteiger partial charge in [0.25, 0.3) is 0 Å². The van der Waals surface area contributed by atoms with Crippen LogP contribution in [0.3, 0.4) is 0 Å². The van der Waals surface area contributed by atoms with Crippen LogP contribution in [0.2, 0.25) is 0 Å². The van der Waals surface area contributed by atoms with Gasteiger partial charge in [-0.1, -0.05) is 18.2 Å². The van der Waals surface area contributed by atoms with E-state index in [0.717, 1.165) is 17.9 Å². The van der Waals surface area contributed by atoms with Gasteiger partial charge >= 0.3 is 0 Å². The normalized spacial score (nSPS) is 18.9. The van der Waals surface area contributed by atoms with Gasteiger partial charge in [0.15, 0.2) is 0 Å². The van der Waals surface area contributed by atoms with E-state index in [1.165, 1.54) is 11.1 Å². The molecule has 17 heavy (non-hydrogen) atoms. The summed E-state index contributed by atoms with van der Waals surface area (Å²) in [4.78, 5) is 4.61. The van der Waals surface area contributed by atoms with Crippen LogP contribution in [0.5, 0.6) is 0 Å². The van der Waals surface area contributed by atoms with Crippen LogP contribution < -0.4 is 5.32 Å². The van der Waals surface area contributed by atoms with Crippen LogP contribution in [0.1, 0.15) is 24.1 Å². The zero-order chi connectivity index (χ0) is 11.7. The molecule has 3 rings (SSSR count). The summed E-state index contributed by atoms with van der Waals surface area (Å²) in [6.45, 7) is 2.03. The first-order valence-corrected chi connectivity index (χ1v) is 6.69. The average Bonchev–Trinajstić information content (AvgIpc) is 2.79. The number of para-hydroxylation sites is 1. The summed E-state index contributed by atoms with van der Waals surface area (Å²) in [5.41, 5.74) is 3.75. The minimum Gasteiger partial charge on any atom is -0.367 e. The Labute approximate surface area is 105 Å². The average molecular weight is 242 g/mol. The zero-order valence-electron chi connectivity index (χ0n) is 9.68. The maximum Gasteiger partial charge on any atom is 0.0995 e. The largest absolute Gasteiger partial charge is 0.367 e. The third-order valence-electron chi connectivity index (χ3n) is 3.03. The molecule has 0 spiro atoms. The van der Waals surface area contributed by atoms with Crippen LogP contribution >= 0.6 is 11.3 Å². The highest BCUT2D eigenvalue weighted by Gasteiger charge is 2.17. The van der Waals surface area contributed by atoms with Gasteiger partial charge < -0.3 is 5.32 Å². The van der Waals surface area contributed by atoms with Gasteiger partial charge in [0.05, 0.1) is 17.6 Å². The van der Waals surface area contributed by atoms with E-state index in [-0.39, 0.29) is 0 Å². The van der Waals surface area contributed by atoms with Crippen molar-refractivity contribution < 1.29 is 0 Å². The van der Waals surface area contributed by atoms with Crippen molar-refractivity contribution in [3.63, 3.8) is 0 Å². The smallest absolute Gasteiger partial charge is 0.0995 e. The molecular weight excluding hydrogens is 228 g/mol. The first-order chi connectivity index (χ1) is 8.33. The summed E-state index contributed by atoms with van der Waals surface area (Å²) in [6, 6.07) is 10.9. The second-order valence-electron chi connectivity index (χ2n) is 4.28. The molecule has 0 aliphatic carbocycles. The van der Waals surface area contributed by atoms with Gasteiger partial charge in [0.2, 0.25) is 0 Å². The molecule has 2 aromatic rings. The van der Waals surface area contributed by atoms with Crippen molar-refractivity contribution in [3.8, 4) is 0 Å². The molecule has 0 saturated heterocycles. The lowest BCUT2D eigenvalue weighted by atomic mass is 10.0. The minimum atomic E-state index is 0.341. The molecule has 0 fully saturated rings. The summed E-state index contributed by atoms with van der Waals surface area (Å²) in [6.07, 6.45) is 0.994. The van der Waals surface area contributed by atoms with Gasteiger partial charge in [-0.15, -0.1) is 0 Å². The molecule has 1 N–H and O–H groups in total.